The van der Waals surface area contributed by atoms with Crippen LogP contribution in [0.5, 0.6) is 0 Å². The van der Waals surface area contributed by atoms with Crippen LogP contribution >= 0.6 is 0 Å². The van der Waals surface area contributed by atoms with Crippen molar-refractivity contribution in [1.29, 1.82) is 0 Å². The van der Waals surface area contributed by atoms with Crippen molar-refractivity contribution in [3.8, 4) is 0 Å². The summed E-state index contributed by atoms with van der Waals surface area (Å²) in [5.74, 6) is -0.365. The third kappa shape index (κ3) is 3.63. The van der Waals surface area contributed by atoms with Crippen LogP contribution in [-0.2, 0) is 9.53 Å². The molecular weight excluding hydrogens is 202 g/mol. The number of nitrogens with zero attached hydrogens (tertiary/aromatic N) is 1. The van der Waals surface area contributed by atoms with Crippen molar-refractivity contribution in [1.82, 2.24) is 4.90 Å². The molecule has 94 valence electrons. The number of ether oxygens (including phenoxy) is 1. The summed E-state index contributed by atoms with van der Waals surface area (Å²) in [6.07, 6.45) is 1.97. The molecule has 0 fully saturated rings. The van der Waals surface area contributed by atoms with E-state index in [1.807, 2.05) is 13.8 Å². The van der Waals surface area contributed by atoms with Crippen LogP contribution in [0.15, 0.2) is 12.7 Å². The molecule has 1 atom stereocenters. The summed E-state index contributed by atoms with van der Waals surface area (Å²) in [6, 6.07) is 0.644. The Morgan fingerprint density at radius 3 is 2.06 bits per heavy atom. The molecule has 0 heterocycles. The molecule has 0 aliphatic rings. The fraction of sp³-hybridized carbons (Fsp3) is 0.769. The summed E-state index contributed by atoms with van der Waals surface area (Å²) in [6.45, 7) is 15.8. The topological polar surface area (TPSA) is 29.5 Å². The van der Waals surface area contributed by atoms with E-state index in [2.05, 4.69) is 39.2 Å². The van der Waals surface area contributed by atoms with Crippen molar-refractivity contribution in [2.24, 2.45) is 0 Å². The fourth-order valence-corrected chi connectivity index (χ4v) is 2.25. The highest BCUT2D eigenvalue weighted by molar-refractivity contribution is 5.81. The van der Waals surface area contributed by atoms with E-state index >= 15 is 0 Å². The van der Waals surface area contributed by atoms with Gasteiger partial charge in [0.1, 0.15) is 0 Å². The molecule has 0 aromatic heterocycles. The van der Waals surface area contributed by atoms with E-state index in [9.17, 15) is 4.79 Å². The molecule has 0 rings (SSSR count). The van der Waals surface area contributed by atoms with Gasteiger partial charge in [-0.15, -0.1) is 0 Å². The molecule has 0 aromatic rings. The molecule has 3 nitrogen and oxygen atoms in total. The van der Waals surface area contributed by atoms with E-state index in [4.69, 9.17) is 4.74 Å². The minimum Gasteiger partial charge on any atom is -0.441 e. The molecule has 0 aliphatic heterocycles. The zero-order chi connectivity index (χ0) is 12.9. The molecule has 1 unspecified atom stereocenters. The number of esters is 1. The average molecular weight is 227 g/mol. The lowest BCUT2D eigenvalue weighted by Crippen LogP contribution is -2.55. The molecule has 0 bridgehead atoms. The van der Waals surface area contributed by atoms with Crippen LogP contribution in [0.3, 0.4) is 0 Å². The Morgan fingerprint density at radius 1 is 1.38 bits per heavy atom. The summed E-state index contributed by atoms with van der Waals surface area (Å²) in [5.41, 5.74) is -0.562. The standard InChI is InChI=1S/C13H25NO2/c1-8-12(15)16-13(7,9-2)14(10(3)4)11(5)6/h8,10-11H,1,9H2,2-7H3. The van der Waals surface area contributed by atoms with Gasteiger partial charge in [0.2, 0.25) is 0 Å². The second-order valence-electron chi connectivity index (χ2n) is 4.75. The largest absolute Gasteiger partial charge is 0.441 e. The van der Waals surface area contributed by atoms with E-state index in [1.165, 1.54) is 6.08 Å². The van der Waals surface area contributed by atoms with Crippen LogP contribution in [0.1, 0.15) is 48.0 Å². The molecule has 0 radical (unpaired) electrons. The lowest BCUT2D eigenvalue weighted by molar-refractivity contribution is -0.186. The molecule has 0 N–H and O–H groups in total. The van der Waals surface area contributed by atoms with Crippen LogP contribution in [0.25, 0.3) is 0 Å². The first-order valence-electron chi connectivity index (χ1n) is 5.92. The van der Waals surface area contributed by atoms with E-state index < -0.39 is 5.72 Å². The monoisotopic (exact) mass is 227 g/mol. The maximum atomic E-state index is 11.4. The van der Waals surface area contributed by atoms with Crippen LogP contribution in [-0.4, -0.2) is 28.7 Å². The zero-order valence-electron chi connectivity index (χ0n) is 11.4. The van der Waals surface area contributed by atoms with E-state index in [0.717, 1.165) is 6.42 Å². The van der Waals surface area contributed by atoms with Gasteiger partial charge in [-0.05, 0) is 41.0 Å². The van der Waals surface area contributed by atoms with Gasteiger partial charge in [0.05, 0.1) is 0 Å². The van der Waals surface area contributed by atoms with Gasteiger partial charge in [-0.3, -0.25) is 4.90 Å². The van der Waals surface area contributed by atoms with Gasteiger partial charge >= 0.3 is 5.97 Å². The Hall–Kier alpha value is -0.830. The third-order valence-corrected chi connectivity index (χ3v) is 2.80. The number of hydrogen-bond donors (Lipinski definition) is 0. The van der Waals surface area contributed by atoms with Gasteiger partial charge in [0.25, 0.3) is 0 Å². The molecule has 0 amide bonds. The van der Waals surface area contributed by atoms with Crippen LogP contribution < -0.4 is 0 Å². The molecule has 0 spiro atoms. The Kier molecular flexibility index (Phi) is 5.73. The summed E-state index contributed by atoms with van der Waals surface area (Å²) in [7, 11) is 0. The molecule has 0 aromatic carbocycles. The Balaban J connectivity index is 5.01. The molecule has 0 saturated carbocycles. The van der Waals surface area contributed by atoms with Crippen LogP contribution in [0.2, 0.25) is 0 Å². The van der Waals surface area contributed by atoms with E-state index in [-0.39, 0.29) is 5.97 Å². The van der Waals surface area contributed by atoms with Crippen molar-refractivity contribution >= 4 is 5.97 Å². The first-order valence-corrected chi connectivity index (χ1v) is 5.92. The molecule has 16 heavy (non-hydrogen) atoms. The second-order valence-corrected chi connectivity index (χ2v) is 4.75. The average Bonchev–Trinajstić information content (AvgIpc) is 2.16. The molecule has 3 heteroatoms. The fourth-order valence-electron chi connectivity index (χ4n) is 2.25. The minimum absolute atomic E-state index is 0.322. The van der Waals surface area contributed by atoms with Gasteiger partial charge < -0.3 is 4.74 Å². The highest BCUT2D eigenvalue weighted by Gasteiger charge is 2.36. The Bertz CT molecular complexity index is 240. The molecule has 0 saturated heterocycles. The van der Waals surface area contributed by atoms with Gasteiger partial charge in [0, 0.05) is 18.2 Å². The summed E-state index contributed by atoms with van der Waals surface area (Å²) >= 11 is 0. The quantitative estimate of drug-likeness (QED) is 0.397. The second kappa shape index (κ2) is 6.04. The number of rotatable bonds is 6. The lowest BCUT2D eigenvalue weighted by atomic mass is 10.1. The molecular formula is C13H25NO2. The third-order valence-electron chi connectivity index (χ3n) is 2.80. The Morgan fingerprint density at radius 2 is 1.81 bits per heavy atom. The zero-order valence-corrected chi connectivity index (χ0v) is 11.4. The number of hydrogen-bond acceptors (Lipinski definition) is 3. The lowest BCUT2D eigenvalue weighted by Gasteiger charge is -2.44. The first-order chi connectivity index (χ1) is 7.28. The summed E-state index contributed by atoms with van der Waals surface area (Å²) in [4.78, 5) is 13.6. The maximum absolute atomic E-state index is 11.4. The molecule has 0 aliphatic carbocycles. The number of carbonyl (C=O) groups is 1. The van der Waals surface area contributed by atoms with E-state index in [0.29, 0.717) is 12.1 Å². The number of carbonyl (C=O) groups excluding carboxylic acids is 1. The SMILES string of the molecule is C=CC(=O)OC(C)(CC)N(C(C)C)C(C)C. The smallest absolute Gasteiger partial charge is 0.331 e. The van der Waals surface area contributed by atoms with Gasteiger partial charge in [-0.25, -0.2) is 4.79 Å². The predicted octanol–water partition coefficient (Wildman–Crippen LogP) is 2.96. The predicted molar refractivity (Wildman–Crippen MR) is 67.1 cm³/mol. The van der Waals surface area contributed by atoms with E-state index in [1.54, 1.807) is 0 Å². The van der Waals surface area contributed by atoms with Gasteiger partial charge in [-0.2, -0.15) is 0 Å². The first kappa shape index (κ1) is 15.2. The van der Waals surface area contributed by atoms with Crippen LogP contribution in [0, 0.1) is 0 Å². The normalized spacial score (nSPS) is 15.3. The highest BCUT2D eigenvalue weighted by atomic mass is 16.6. The van der Waals surface area contributed by atoms with Gasteiger partial charge in [0.15, 0.2) is 5.72 Å². The van der Waals surface area contributed by atoms with Crippen molar-refractivity contribution in [3.05, 3.63) is 12.7 Å². The van der Waals surface area contributed by atoms with Crippen LogP contribution in [0.4, 0.5) is 0 Å². The van der Waals surface area contributed by atoms with Crippen molar-refractivity contribution < 1.29 is 9.53 Å². The summed E-state index contributed by atoms with van der Waals surface area (Å²) < 4.78 is 5.49. The van der Waals surface area contributed by atoms with Crippen molar-refractivity contribution in [2.45, 2.75) is 65.8 Å². The van der Waals surface area contributed by atoms with Gasteiger partial charge in [-0.1, -0.05) is 13.5 Å². The maximum Gasteiger partial charge on any atom is 0.331 e. The summed E-state index contributed by atoms with van der Waals surface area (Å²) in [5, 5.41) is 0. The van der Waals surface area contributed by atoms with Crippen molar-refractivity contribution in [3.63, 3.8) is 0 Å². The highest BCUT2D eigenvalue weighted by Crippen LogP contribution is 2.26. The van der Waals surface area contributed by atoms with Crippen molar-refractivity contribution in [2.75, 3.05) is 0 Å². The Labute approximate surface area is 99.5 Å². The minimum atomic E-state index is -0.562.